The van der Waals surface area contributed by atoms with Crippen LogP contribution in [0.3, 0.4) is 0 Å². The van der Waals surface area contributed by atoms with Crippen LogP contribution in [0.5, 0.6) is 0 Å². The van der Waals surface area contributed by atoms with Gasteiger partial charge in [0.1, 0.15) is 5.82 Å². The number of aliphatic hydroxyl groups is 1. The van der Waals surface area contributed by atoms with Crippen LogP contribution in [0.2, 0.25) is 0 Å². The first-order valence-electron chi connectivity index (χ1n) is 4.95. The topological polar surface area (TPSA) is 46.2 Å². The molecule has 1 aliphatic rings. The number of rotatable bonds is 1. The first-order chi connectivity index (χ1) is 7.03. The van der Waals surface area contributed by atoms with Crippen molar-refractivity contribution in [2.24, 2.45) is 5.73 Å². The molecule has 82 valence electrons. The minimum Gasteiger partial charge on any atom is -0.385 e. The van der Waals surface area contributed by atoms with Gasteiger partial charge in [-0.1, -0.05) is 12.1 Å². The molecule has 0 saturated heterocycles. The normalized spacial score (nSPS) is 30.8. The first kappa shape index (κ1) is 11.0. The van der Waals surface area contributed by atoms with Crippen molar-refractivity contribution in [3.8, 4) is 0 Å². The lowest BCUT2D eigenvalue weighted by Gasteiger charge is -2.23. The summed E-state index contributed by atoms with van der Waals surface area (Å²) in [6.45, 7) is 0. The van der Waals surface area contributed by atoms with Crippen molar-refractivity contribution in [2.75, 3.05) is 0 Å². The highest BCUT2D eigenvalue weighted by atomic mass is 79.9. The van der Waals surface area contributed by atoms with Crippen molar-refractivity contribution >= 4 is 15.9 Å². The number of hydrogen-bond acceptors (Lipinski definition) is 2. The average molecular weight is 274 g/mol. The highest BCUT2D eigenvalue weighted by Gasteiger charge is 2.39. The monoisotopic (exact) mass is 273 g/mol. The van der Waals surface area contributed by atoms with E-state index in [0.29, 0.717) is 22.9 Å². The Labute approximate surface area is 96.4 Å². The van der Waals surface area contributed by atoms with Crippen molar-refractivity contribution in [1.82, 2.24) is 0 Å². The fourth-order valence-electron chi connectivity index (χ4n) is 2.17. The van der Waals surface area contributed by atoms with E-state index < -0.39 is 5.60 Å². The highest BCUT2D eigenvalue weighted by Crippen LogP contribution is 2.40. The van der Waals surface area contributed by atoms with E-state index in [4.69, 9.17) is 5.73 Å². The van der Waals surface area contributed by atoms with Crippen molar-refractivity contribution in [3.05, 3.63) is 34.1 Å². The zero-order valence-electron chi connectivity index (χ0n) is 8.21. The molecular formula is C11H13BrFNO. The molecule has 0 spiro atoms. The average Bonchev–Trinajstić information content (AvgIpc) is 2.52. The minimum atomic E-state index is -1.09. The van der Waals surface area contributed by atoms with E-state index in [2.05, 4.69) is 15.9 Å². The molecule has 2 rings (SSSR count). The first-order valence-corrected chi connectivity index (χ1v) is 5.75. The summed E-state index contributed by atoms with van der Waals surface area (Å²) < 4.78 is 14.2. The number of hydrogen-bond donors (Lipinski definition) is 2. The maximum atomic E-state index is 13.8. The third-order valence-corrected chi connectivity index (χ3v) is 3.59. The summed E-state index contributed by atoms with van der Waals surface area (Å²) in [6, 6.07) is 4.94. The molecule has 0 amide bonds. The van der Waals surface area contributed by atoms with E-state index in [1.54, 1.807) is 18.2 Å². The van der Waals surface area contributed by atoms with Crippen LogP contribution >= 0.6 is 15.9 Å². The van der Waals surface area contributed by atoms with Gasteiger partial charge in [0.25, 0.3) is 0 Å². The number of halogens is 2. The second-order valence-electron chi connectivity index (χ2n) is 4.14. The van der Waals surface area contributed by atoms with Crippen molar-refractivity contribution < 1.29 is 9.50 Å². The van der Waals surface area contributed by atoms with Crippen molar-refractivity contribution in [2.45, 2.75) is 30.9 Å². The van der Waals surface area contributed by atoms with E-state index in [1.807, 2.05) is 0 Å². The van der Waals surface area contributed by atoms with Crippen LogP contribution in [0, 0.1) is 5.82 Å². The van der Waals surface area contributed by atoms with Gasteiger partial charge in [-0.25, -0.2) is 4.39 Å². The van der Waals surface area contributed by atoms with Gasteiger partial charge in [0, 0.05) is 11.6 Å². The maximum Gasteiger partial charge on any atom is 0.143 e. The summed E-state index contributed by atoms with van der Waals surface area (Å²) in [7, 11) is 0. The van der Waals surface area contributed by atoms with Crippen LogP contribution in [-0.4, -0.2) is 11.1 Å². The number of benzene rings is 1. The molecule has 0 aliphatic heterocycles. The van der Waals surface area contributed by atoms with Crippen LogP contribution in [0.4, 0.5) is 4.39 Å². The summed E-state index contributed by atoms with van der Waals surface area (Å²) in [5.41, 5.74) is 5.00. The molecule has 1 fully saturated rings. The molecule has 0 heterocycles. The molecular weight excluding hydrogens is 261 g/mol. The Hall–Kier alpha value is -0.450. The fraction of sp³-hybridized carbons (Fsp3) is 0.455. The molecule has 15 heavy (non-hydrogen) atoms. The Bertz CT molecular complexity index is 385. The molecule has 1 saturated carbocycles. The van der Waals surface area contributed by atoms with Gasteiger partial charge in [-0.15, -0.1) is 0 Å². The van der Waals surface area contributed by atoms with Crippen LogP contribution in [0.15, 0.2) is 22.7 Å². The smallest absolute Gasteiger partial charge is 0.143 e. The summed E-state index contributed by atoms with van der Waals surface area (Å²) in [4.78, 5) is 0. The fourth-order valence-corrected chi connectivity index (χ4v) is 2.54. The number of nitrogens with two attached hydrogens (primary N) is 1. The van der Waals surface area contributed by atoms with Gasteiger partial charge >= 0.3 is 0 Å². The lowest BCUT2D eigenvalue weighted by Crippen LogP contribution is -2.26. The molecule has 2 unspecified atom stereocenters. The summed E-state index contributed by atoms with van der Waals surface area (Å²) in [5, 5.41) is 10.3. The minimum absolute atomic E-state index is 0.0339. The highest BCUT2D eigenvalue weighted by molar-refractivity contribution is 9.10. The quantitative estimate of drug-likeness (QED) is 0.825. The summed E-state index contributed by atoms with van der Waals surface area (Å²) in [5.74, 6) is -0.380. The predicted octanol–water partition coefficient (Wildman–Crippen LogP) is 2.29. The van der Waals surface area contributed by atoms with Crippen LogP contribution in [-0.2, 0) is 5.60 Å². The third kappa shape index (κ3) is 1.94. The molecule has 1 aliphatic carbocycles. The van der Waals surface area contributed by atoms with Gasteiger partial charge in [0.15, 0.2) is 0 Å². The Balaban J connectivity index is 2.41. The molecule has 0 aromatic heterocycles. The molecule has 0 bridgehead atoms. The van der Waals surface area contributed by atoms with Crippen molar-refractivity contribution in [3.63, 3.8) is 0 Å². The van der Waals surface area contributed by atoms with Gasteiger partial charge in [-0.2, -0.15) is 0 Å². The summed E-state index contributed by atoms with van der Waals surface area (Å²) >= 11 is 3.12. The van der Waals surface area contributed by atoms with Crippen molar-refractivity contribution in [1.29, 1.82) is 0 Å². The van der Waals surface area contributed by atoms with Gasteiger partial charge in [-0.3, -0.25) is 0 Å². The lowest BCUT2D eigenvalue weighted by molar-refractivity contribution is 0.0393. The van der Waals surface area contributed by atoms with E-state index in [0.717, 1.165) is 6.42 Å². The molecule has 1 aromatic carbocycles. The SMILES string of the molecule is NC1CCC(O)(c2cccc(Br)c2F)C1. The predicted molar refractivity (Wildman–Crippen MR) is 59.8 cm³/mol. The Morgan fingerprint density at radius 3 is 2.87 bits per heavy atom. The standard InChI is InChI=1S/C11H13BrFNO/c12-9-3-1-2-8(10(9)13)11(15)5-4-7(14)6-11/h1-3,7,15H,4-6,14H2. The van der Waals surface area contributed by atoms with Crippen LogP contribution in [0.1, 0.15) is 24.8 Å². The zero-order valence-corrected chi connectivity index (χ0v) is 9.80. The van der Waals surface area contributed by atoms with E-state index in [-0.39, 0.29) is 11.9 Å². The van der Waals surface area contributed by atoms with Gasteiger partial charge in [-0.05, 0) is 41.3 Å². The van der Waals surface area contributed by atoms with Gasteiger partial charge < -0.3 is 10.8 Å². The molecule has 2 atom stereocenters. The Morgan fingerprint density at radius 2 is 2.27 bits per heavy atom. The Morgan fingerprint density at radius 1 is 1.53 bits per heavy atom. The van der Waals surface area contributed by atoms with Crippen LogP contribution < -0.4 is 5.73 Å². The molecule has 2 nitrogen and oxygen atoms in total. The van der Waals surface area contributed by atoms with Gasteiger partial charge in [0.2, 0.25) is 0 Å². The molecule has 3 N–H and O–H groups in total. The van der Waals surface area contributed by atoms with E-state index in [9.17, 15) is 9.50 Å². The largest absolute Gasteiger partial charge is 0.385 e. The molecule has 4 heteroatoms. The second-order valence-corrected chi connectivity index (χ2v) is 4.99. The Kier molecular flexibility index (Phi) is 2.83. The second kappa shape index (κ2) is 3.85. The zero-order chi connectivity index (χ0) is 11.1. The van der Waals surface area contributed by atoms with Gasteiger partial charge in [0.05, 0.1) is 10.1 Å². The van der Waals surface area contributed by atoms with E-state index >= 15 is 0 Å². The maximum absolute atomic E-state index is 13.8. The molecule has 0 radical (unpaired) electrons. The lowest BCUT2D eigenvalue weighted by atomic mass is 9.91. The van der Waals surface area contributed by atoms with Crippen LogP contribution in [0.25, 0.3) is 0 Å². The summed E-state index contributed by atoms with van der Waals surface area (Å²) in [6.07, 6.45) is 1.70. The van der Waals surface area contributed by atoms with E-state index in [1.165, 1.54) is 0 Å². The third-order valence-electron chi connectivity index (χ3n) is 2.98. The molecule has 1 aromatic rings.